The molecule has 0 saturated heterocycles. The summed E-state index contributed by atoms with van der Waals surface area (Å²) in [5.41, 5.74) is 0. The predicted molar refractivity (Wildman–Crippen MR) is 289 cm³/mol. The topological polar surface area (TPSA) is 155 Å². The Morgan fingerprint density at radius 3 is 1.10 bits per heavy atom. The summed E-state index contributed by atoms with van der Waals surface area (Å²) in [5.74, 6) is -1.47. The van der Waals surface area contributed by atoms with E-state index >= 15 is 0 Å². The zero-order valence-corrected chi connectivity index (χ0v) is 46.1. The second kappa shape index (κ2) is 53.0. The molecule has 0 spiro atoms. The van der Waals surface area contributed by atoms with Crippen LogP contribution in [0.5, 0.6) is 0 Å². The van der Waals surface area contributed by atoms with Crippen LogP contribution in [0.25, 0.3) is 0 Å². The number of unbranched alkanes of at least 4 members (excludes halogenated alkanes) is 31. The number of aliphatic hydroxyl groups is 1. The Morgan fingerprint density at radius 1 is 0.400 bits per heavy atom. The molecule has 0 aromatic heterocycles. The second-order valence-electron chi connectivity index (χ2n) is 19.5. The smallest absolute Gasteiger partial charge is 0.462 e. The summed E-state index contributed by atoms with van der Waals surface area (Å²) >= 11 is 0. The summed E-state index contributed by atoms with van der Waals surface area (Å²) in [5, 5.41) is 9.77. The third-order valence-corrected chi connectivity index (χ3v) is 13.5. The number of ether oxygens (including phenoxy) is 3. The molecular formula is C58H107O11P. The highest BCUT2D eigenvalue weighted by atomic mass is 31.2. The maximum Gasteiger partial charge on any atom is 0.472 e. The van der Waals surface area contributed by atoms with E-state index in [9.17, 15) is 28.9 Å². The highest BCUT2D eigenvalue weighted by Gasteiger charge is 2.28. The number of phosphoric acid groups is 1. The van der Waals surface area contributed by atoms with Crippen molar-refractivity contribution < 1.29 is 52.2 Å². The van der Waals surface area contributed by atoms with Crippen molar-refractivity contribution in [3.63, 3.8) is 0 Å². The fourth-order valence-electron chi connectivity index (χ4n) is 8.09. The van der Waals surface area contributed by atoms with Gasteiger partial charge in [0.05, 0.1) is 19.8 Å². The van der Waals surface area contributed by atoms with Crippen LogP contribution in [0.4, 0.5) is 0 Å². The molecule has 3 atom stereocenters. The number of rotatable bonds is 54. The van der Waals surface area contributed by atoms with E-state index in [0.717, 1.165) is 83.5 Å². The number of carbonyl (C=O) groups is 3. The number of esters is 3. The molecule has 70 heavy (non-hydrogen) atoms. The van der Waals surface area contributed by atoms with Gasteiger partial charge in [0.15, 0.2) is 6.10 Å². The highest BCUT2D eigenvalue weighted by molar-refractivity contribution is 7.47. The van der Waals surface area contributed by atoms with Gasteiger partial charge in [0.25, 0.3) is 0 Å². The van der Waals surface area contributed by atoms with E-state index in [1.165, 1.54) is 135 Å². The van der Waals surface area contributed by atoms with Crippen molar-refractivity contribution in [1.82, 2.24) is 0 Å². The lowest BCUT2D eigenvalue weighted by atomic mass is 10.1. The Hall–Kier alpha value is -2.30. The lowest BCUT2D eigenvalue weighted by Gasteiger charge is -2.21. The summed E-state index contributed by atoms with van der Waals surface area (Å²) < 4.78 is 39.4. The number of aliphatic hydroxyl groups excluding tert-OH is 1. The average Bonchev–Trinajstić information content (AvgIpc) is 3.35. The van der Waals surface area contributed by atoms with Gasteiger partial charge in [0, 0.05) is 19.3 Å². The summed E-state index contributed by atoms with van der Waals surface area (Å²) in [6.07, 6.45) is 54.0. The number of phosphoric ester groups is 1. The van der Waals surface area contributed by atoms with E-state index in [2.05, 4.69) is 57.2 Å². The number of allylic oxidation sites excluding steroid dienone is 6. The van der Waals surface area contributed by atoms with E-state index < -0.39 is 57.8 Å². The molecule has 0 amide bonds. The first-order valence-corrected chi connectivity index (χ1v) is 30.4. The van der Waals surface area contributed by atoms with Crippen molar-refractivity contribution >= 4 is 25.7 Å². The summed E-state index contributed by atoms with van der Waals surface area (Å²) in [4.78, 5) is 48.4. The molecule has 0 heterocycles. The van der Waals surface area contributed by atoms with Crippen molar-refractivity contribution in [2.75, 3.05) is 26.4 Å². The summed E-state index contributed by atoms with van der Waals surface area (Å²) in [7, 11) is -4.74. The van der Waals surface area contributed by atoms with Gasteiger partial charge in [-0.3, -0.25) is 23.4 Å². The van der Waals surface area contributed by atoms with Crippen LogP contribution in [0, 0.1) is 0 Å². The standard InChI is InChI=1S/C58H107O11P/c1-4-7-10-13-16-19-21-23-25-26-27-28-30-31-33-36-38-41-44-47-56(60)65-51-55(69-58(62)49-46-43-40-37-34-32-29-24-22-20-17-14-11-8-5-2)53-67-70(63,64)66-52-54(50-59)68-57(61)48-45-42-39-35-18-15-12-9-6-3/h17,20,23-25,29,54-55,59H,4-16,18-19,21-22,26-28,30-53H2,1-3H3,(H,63,64)/b20-17-,25-23-,29-24-. The second-order valence-corrected chi connectivity index (χ2v) is 20.9. The monoisotopic (exact) mass is 1010 g/mol. The minimum atomic E-state index is -4.74. The molecule has 0 fully saturated rings. The van der Waals surface area contributed by atoms with Crippen molar-refractivity contribution in [2.24, 2.45) is 0 Å². The maximum atomic E-state index is 12.9. The third-order valence-electron chi connectivity index (χ3n) is 12.5. The first kappa shape index (κ1) is 67.7. The van der Waals surface area contributed by atoms with Gasteiger partial charge in [-0.25, -0.2) is 4.57 Å². The van der Waals surface area contributed by atoms with Crippen molar-refractivity contribution in [1.29, 1.82) is 0 Å². The van der Waals surface area contributed by atoms with Crippen LogP contribution in [0.2, 0.25) is 0 Å². The molecule has 12 heteroatoms. The lowest BCUT2D eigenvalue weighted by molar-refractivity contribution is -0.161. The molecule has 3 unspecified atom stereocenters. The van der Waals surface area contributed by atoms with Crippen molar-refractivity contribution in [3.05, 3.63) is 36.5 Å². The summed E-state index contributed by atoms with van der Waals surface area (Å²) in [6.45, 7) is 4.60. The Bertz CT molecular complexity index is 1320. The normalized spacial score (nSPS) is 13.6. The van der Waals surface area contributed by atoms with Gasteiger partial charge < -0.3 is 24.2 Å². The average molecular weight is 1010 g/mol. The highest BCUT2D eigenvalue weighted by Crippen LogP contribution is 2.43. The Balaban J connectivity index is 4.69. The van der Waals surface area contributed by atoms with Crippen LogP contribution in [-0.2, 0) is 42.2 Å². The van der Waals surface area contributed by atoms with E-state index in [0.29, 0.717) is 19.3 Å². The van der Waals surface area contributed by atoms with Gasteiger partial charge in [-0.15, -0.1) is 0 Å². The van der Waals surface area contributed by atoms with Gasteiger partial charge in [0.1, 0.15) is 12.7 Å². The van der Waals surface area contributed by atoms with Gasteiger partial charge in [-0.1, -0.05) is 218 Å². The van der Waals surface area contributed by atoms with Crippen molar-refractivity contribution in [2.45, 2.75) is 290 Å². The number of hydrogen-bond donors (Lipinski definition) is 2. The first-order chi connectivity index (χ1) is 34.2. The molecule has 0 saturated carbocycles. The number of carbonyl (C=O) groups excluding carboxylic acids is 3. The molecule has 2 N–H and O–H groups in total. The summed E-state index contributed by atoms with van der Waals surface area (Å²) in [6, 6.07) is 0. The molecule has 0 aromatic carbocycles. The van der Waals surface area contributed by atoms with Gasteiger partial charge in [-0.05, 0) is 77.0 Å². The fourth-order valence-corrected chi connectivity index (χ4v) is 8.87. The third kappa shape index (κ3) is 50.6. The maximum absolute atomic E-state index is 12.9. The largest absolute Gasteiger partial charge is 0.472 e. The van der Waals surface area contributed by atoms with Crippen molar-refractivity contribution in [3.8, 4) is 0 Å². The van der Waals surface area contributed by atoms with Crippen LogP contribution in [0.3, 0.4) is 0 Å². The molecular weight excluding hydrogens is 904 g/mol. The fraction of sp³-hybridized carbons (Fsp3) is 0.845. The quantitative estimate of drug-likeness (QED) is 0.0197. The molecule has 0 aliphatic carbocycles. The Labute approximate surface area is 429 Å². The number of hydrogen-bond acceptors (Lipinski definition) is 10. The molecule has 0 aliphatic rings. The predicted octanol–water partition coefficient (Wildman–Crippen LogP) is 16.8. The van der Waals surface area contributed by atoms with Crippen LogP contribution < -0.4 is 0 Å². The van der Waals surface area contributed by atoms with Gasteiger partial charge >= 0.3 is 25.7 Å². The molecule has 0 bridgehead atoms. The SMILES string of the molecule is CCCCC/C=C\C/C=C\CCCCCCCC(=O)OC(COC(=O)CCCCCCCCCCC/C=C\CCCCCCCC)COP(=O)(O)OCC(CO)OC(=O)CCCCCCCCCCC. The van der Waals surface area contributed by atoms with Crippen LogP contribution in [0.15, 0.2) is 36.5 Å². The van der Waals surface area contributed by atoms with Crippen LogP contribution >= 0.6 is 7.82 Å². The van der Waals surface area contributed by atoms with E-state index in [1.807, 2.05) is 0 Å². The minimum Gasteiger partial charge on any atom is -0.462 e. The van der Waals surface area contributed by atoms with Gasteiger partial charge in [-0.2, -0.15) is 0 Å². The molecule has 0 rings (SSSR count). The van der Waals surface area contributed by atoms with Crippen LogP contribution in [-0.4, -0.2) is 66.5 Å². The molecule has 11 nitrogen and oxygen atoms in total. The Kier molecular flexibility index (Phi) is 51.3. The molecule has 0 aliphatic heterocycles. The zero-order valence-electron chi connectivity index (χ0n) is 45.2. The minimum absolute atomic E-state index is 0.154. The first-order valence-electron chi connectivity index (χ1n) is 28.9. The zero-order chi connectivity index (χ0) is 51.3. The van der Waals surface area contributed by atoms with Gasteiger partial charge in [0.2, 0.25) is 0 Å². The molecule has 410 valence electrons. The van der Waals surface area contributed by atoms with E-state index in [4.69, 9.17) is 23.3 Å². The van der Waals surface area contributed by atoms with E-state index in [1.54, 1.807) is 0 Å². The Morgan fingerprint density at radius 2 is 0.700 bits per heavy atom. The molecule has 0 radical (unpaired) electrons. The lowest BCUT2D eigenvalue weighted by Crippen LogP contribution is -2.30. The van der Waals surface area contributed by atoms with Crippen LogP contribution in [0.1, 0.15) is 278 Å². The van der Waals surface area contributed by atoms with E-state index in [-0.39, 0.29) is 25.9 Å². The molecule has 0 aromatic rings.